The van der Waals surface area contributed by atoms with Gasteiger partial charge in [0.25, 0.3) is 10.0 Å². The van der Waals surface area contributed by atoms with Crippen molar-refractivity contribution < 1.29 is 22.7 Å². The van der Waals surface area contributed by atoms with Gasteiger partial charge >= 0.3 is 0 Å². The third-order valence-corrected chi connectivity index (χ3v) is 8.34. The van der Waals surface area contributed by atoms with E-state index in [-0.39, 0.29) is 23.0 Å². The van der Waals surface area contributed by atoms with Crippen molar-refractivity contribution in [2.24, 2.45) is 0 Å². The zero-order valence-corrected chi connectivity index (χ0v) is 26.1. The smallest absolute Gasteiger partial charge is 0.264 e. The van der Waals surface area contributed by atoms with Gasteiger partial charge < -0.3 is 15.0 Å². The molecule has 0 heterocycles. The van der Waals surface area contributed by atoms with Crippen LogP contribution in [0, 0.1) is 0 Å². The number of halogens is 2. The molecule has 3 rings (SSSR count). The molecule has 11 heteroatoms. The van der Waals surface area contributed by atoms with Crippen LogP contribution in [0.3, 0.4) is 0 Å². The summed E-state index contributed by atoms with van der Waals surface area (Å²) in [6.07, 6.45) is 0. The molecule has 0 aliphatic rings. The highest BCUT2D eigenvalue weighted by molar-refractivity contribution is 7.92. The van der Waals surface area contributed by atoms with Gasteiger partial charge in [-0.05, 0) is 101 Å². The third kappa shape index (κ3) is 8.86. The van der Waals surface area contributed by atoms with Crippen molar-refractivity contribution in [3.8, 4) is 5.75 Å². The number of hydrogen-bond acceptors (Lipinski definition) is 5. The summed E-state index contributed by atoms with van der Waals surface area (Å²) in [6, 6.07) is 18.1. The molecular formula is C30H35Cl2N3O5S. The SMILES string of the molecule is CCOc1ccc(N(CC(=O)N(Cc2ccc(Cl)cc2)C(C)C(=O)NC(C)(C)C)S(=O)(=O)c2ccc(Cl)cc2)cc1. The van der Waals surface area contributed by atoms with E-state index in [1.807, 2.05) is 27.7 Å². The van der Waals surface area contributed by atoms with Gasteiger partial charge in [0.05, 0.1) is 17.2 Å². The molecule has 3 aromatic rings. The van der Waals surface area contributed by atoms with Gasteiger partial charge in [0.2, 0.25) is 11.8 Å². The lowest BCUT2D eigenvalue weighted by Gasteiger charge is -2.33. The van der Waals surface area contributed by atoms with Crippen LogP contribution in [0.4, 0.5) is 5.69 Å². The number of amides is 2. The van der Waals surface area contributed by atoms with E-state index in [4.69, 9.17) is 27.9 Å². The van der Waals surface area contributed by atoms with Gasteiger partial charge in [-0.25, -0.2) is 8.42 Å². The van der Waals surface area contributed by atoms with Crippen LogP contribution in [-0.2, 0) is 26.2 Å². The van der Waals surface area contributed by atoms with Crippen molar-refractivity contribution in [2.45, 2.75) is 57.6 Å². The maximum Gasteiger partial charge on any atom is 0.264 e. The predicted octanol–water partition coefficient (Wildman–Crippen LogP) is 5.92. The Bertz CT molecular complexity index is 1440. The first-order valence-corrected chi connectivity index (χ1v) is 15.3. The molecule has 0 saturated carbocycles. The topological polar surface area (TPSA) is 96.0 Å². The van der Waals surface area contributed by atoms with E-state index in [0.717, 1.165) is 9.87 Å². The number of ether oxygens (including phenoxy) is 1. The Morgan fingerprint density at radius 1 is 0.902 bits per heavy atom. The van der Waals surface area contributed by atoms with E-state index in [1.165, 1.54) is 29.2 Å². The summed E-state index contributed by atoms with van der Waals surface area (Å²) in [7, 11) is -4.21. The van der Waals surface area contributed by atoms with E-state index in [1.54, 1.807) is 55.5 Å². The highest BCUT2D eigenvalue weighted by atomic mass is 35.5. The fraction of sp³-hybridized carbons (Fsp3) is 0.333. The first kappa shape index (κ1) is 32.2. The molecular weight excluding hydrogens is 585 g/mol. The van der Waals surface area contributed by atoms with Crippen molar-refractivity contribution in [1.29, 1.82) is 0 Å². The Hall–Kier alpha value is -3.27. The number of nitrogens with one attached hydrogen (secondary N) is 1. The standard InChI is InChI=1S/C30H35Cl2N3O5S/c1-6-40-26-15-13-25(14-16-26)35(41(38,39)27-17-11-24(32)12-18-27)20-28(36)34(19-22-7-9-23(31)10-8-22)21(2)29(37)33-30(3,4)5/h7-18,21H,6,19-20H2,1-5H3,(H,33,37). The van der Waals surface area contributed by atoms with Crippen molar-refractivity contribution in [2.75, 3.05) is 17.5 Å². The molecule has 0 aliphatic heterocycles. The molecule has 1 unspecified atom stereocenters. The molecule has 41 heavy (non-hydrogen) atoms. The Morgan fingerprint density at radius 2 is 1.44 bits per heavy atom. The van der Waals surface area contributed by atoms with Gasteiger partial charge in [-0.1, -0.05) is 35.3 Å². The highest BCUT2D eigenvalue weighted by Gasteiger charge is 2.33. The zero-order valence-electron chi connectivity index (χ0n) is 23.7. The molecule has 0 fully saturated rings. The van der Waals surface area contributed by atoms with Crippen molar-refractivity contribution in [1.82, 2.24) is 10.2 Å². The Kier molecular flexibility index (Phi) is 10.7. The summed E-state index contributed by atoms with van der Waals surface area (Å²) in [5.41, 5.74) is 0.452. The molecule has 0 aliphatic carbocycles. The minimum Gasteiger partial charge on any atom is -0.494 e. The van der Waals surface area contributed by atoms with Crippen molar-refractivity contribution in [3.63, 3.8) is 0 Å². The number of anilines is 1. The Labute approximate surface area is 252 Å². The summed E-state index contributed by atoms with van der Waals surface area (Å²) in [5.74, 6) is -0.376. The maximum atomic E-state index is 14.0. The zero-order chi connectivity index (χ0) is 30.4. The number of benzene rings is 3. The van der Waals surface area contributed by atoms with Crippen LogP contribution in [0.5, 0.6) is 5.75 Å². The van der Waals surface area contributed by atoms with Crippen molar-refractivity contribution >= 4 is 50.7 Å². The van der Waals surface area contributed by atoms with Gasteiger partial charge in [0, 0.05) is 22.1 Å². The fourth-order valence-electron chi connectivity index (χ4n) is 3.98. The van der Waals surface area contributed by atoms with Crippen LogP contribution in [0.15, 0.2) is 77.7 Å². The third-order valence-electron chi connectivity index (χ3n) is 6.05. The molecule has 0 aromatic heterocycles. The fourth-order valence-corrected chi connectivity index (χ4v) is 5.65. The molecule has 0 spiro atoms. The van der Waals surface area contributed by atoms with E-state index >= 15 is 0 Å². The van der Waals surface area contributed by atoms with Crippen molar-refractivity contribution in [3.05, 3.63) is 88.4 Å². The predicted molar refractivity (Wildman–Crippen MR) is 163 cm³/mol. The first-order chi connectivity index (χ1) is 19.2. The average molecular weight is 621 g/mol. The van der Waals surface area contributed by atoms with Gasteiger partial charge in [-0.15, -0.1) is 0 Å². The number of nitrogens with zero attached hydrogens (tertiary/aromatic N) is 2. The van der Waals surface area contributed by atoms with Crippen LogP contribution in [0.25, 0.3) is 0 Å². The Morgan fingerprint density at radius 3 is 1.95 bits per heavy atom. The minimum atomic E-state index is -4.21. The summed E-state index contributed by atoms with van der Waals surface area (Å²) < 4.78 is 34.3. The molecule has 3 aromatic carbocycles. The number of rotatable bonds is 11. The lowest BCUT2D eigenvalue weighted by molar-refractivity contribution is -0.140. The molecule has 0 radical (unpaired) electrons. The molecule has 0 bridgehead atoms. The Balaban J connectivity index is 2.03. The lowest BCUT2D eigenvalue weighted by atomic mass is 10.1. The number of sulfonamides is 1. The van der Waals surface area contributed by atoms with Crippen LogP contribution in [0.1, 0.15) is 40.2 Å². The first-order valence-electron chi connectivity index (χ1n) is 13.1. The molecule has 2 amide bonds. The summed E-state index contributed by atoms with van der Waals surface area (Å²) in [4.78, 5) is 28.5. The molecule has 1 atom stereocenters. The summed E-state index contributed by atoms with van der Waals surface area (Å²) in [5, 5.41) is 3.81. The van der Waals surface area contributed by atoms with Gasteiger partial charge in [-0.3, -0.25) is 13.9 Å². The van der Waals surface area contributed by atoms with Gasteiger partial charge in [0.1, 0.15) is 18.3 Å². The monoisotopic (exact) mass is 619 g/mol. The lowest BCUT2D eigenvalue weighted by Crippen LogP contribution is -2.54. The molecule has 8 nitrogen and oxygen atoms in total. The second-order valence-corrected chi connectivity index (χ2v) is 13.2. The molecule has 220 valence electrons. The number of carbonyl (C=O) groups excluding carboxylic acids is 2. The maximum absolute atomic E-state index is 14.0. The normalized spacial score (nSPS) is 12.4. The van der Waals surface area contributed by atoms with Crippen LogP contribution < -0.4 is 14.4 Å². The number of hydrogen-bond donors (Lipinski definition) is 1. The second kappa shape index (κ2) is 13.6. The largest absolute Gasteiger partial charge is 0.494 e. The van der Waals surface area contributed by atoms with Gasteiger partial charge in [0.15, 0.2) is 0 Å². The molecule has 1 N–H and O–H groups in total. The summed E-state index contributed by atoms with van der Waals surface area (Å²) >= 11 is 12.0. The van der Waals surface area contributed by atoms with Crippen LogP contribution in [0.2, 0.25) is 10.0 Å². The summed E-state index contributed by atoms with van der Waals surface area (Å²) in [6.45, 7) is 8.94. The minimum absolute atomic E-state index is 0.0358. The van der Waals surface area contributed by atoms with Gasteiger partial charge in [-0.2, -0.15) is 0 Å². The second-order valence-electron chi connectivity index (χ2n) is 10.5. The quantitative estimate of drug-likeness (QED) is 0.287. The molecule has 0 saturated heterocycles. The van der Waals surface area contributed by atoms with Crippen LogP contribution >= 0.6 is 23.2 Å². The van der Waals surface area contributed by atoms with E-state index in [0.29, 0.717) is 22.4 Å². The number of carbonyl (C=O) groups is 2. The van der Waals surface area contributed by atoms with E-state index in [9.17, 15) is 18.0 Å². The van der Waals surface area contributed by atoms with E-state index < -0.39 is 34.1 Å². The van der Waals surface area contributed by atoms with E-state index in [2.05, 4.69) is 5.32 Å². The van der Waals surface area contributed by atoms with Crippen LogP contribution in [-0.4, -0.2) is 49.9 Å². The average Bonchev–Trinajstić information content (AvgIpc) is 2.91. The highest BCUT2D eigenvalue weighted by Crippen LogP contribution is 2.27.